The van der Waals surface area contributed by atoms with Crippen LogP contribution < -0.4 is 11.2 Å². The monoisotopic (exact) mass is 534 g/mol. The van der Waals surface area contributed by atoms with Gasteiger partial charge in [-0.25, -0.2) is 9.78 Å². The molecule has 0 spiro atoms. The first-order valence-corrected chi connectivity index (χ1v) is 13.2. The van der Waals surface area contributed by atoms with Crippen LogP contribution in [0.4, 0.5) is 0 Å². The molecule has 1 unspecified atom stereocenters. The van der Waals surface area contributed by atoms with Gasteiger partial charge in [0.1, 0.15) is 0 Å². The van der Waals surface area contributed by atoms with E-state index >= 15 is 0 Å². The SMILES string of the molecule is Cn1c(=O)c2c(ncn2CC(COCc2cccc3ccccc23)OCc2cccc3ccccc23)n(C)c1=O. The minimum absolute atomic E-state index is 0.305. The van der Waals surface area contributed by atoms with Gasteiger partial charge in [0, 0.05) is 14.1 Å². The highest BCUT2D eigenvalue weighted by molar-refractivity contribution is 5.86. The molecule has 4 aromatic carbocycles. The molecular formula is C32H30N4O4. The van der Waals surface area contributed by atoms with E-state index in [-0.39, 0.29) is 11.7 Å². The first kappa shape index (κ1) is 25.7. The number of benzene rings is 4. The summed E-state index contributed by atoms with van der Waals surface area (Å²) in [5, 5.41) is 4.61. The van der Waals surface area contributed by atoms with Crippen LogP contribution in [0.2, 0.25) is 0 Å². The van der Waals surface area contributed by atoms with Crippen molar-refractivity contribution >= 4 is 32.7 Å². The van der Waals surface area contributed by atoms with Gasteiger partial charge >= 0.3 is 5.69 Å². The molecule has 2 aromatic heterocycles. The van der Waals surface area contributed by atoms with Crippen molar-refractivity contribution in [2.45, 2.75) is 25.9 Å². The van der Waals surface area contributed by atoms with E-state index in [9.17, 15) is 9.59 Å². The molecule has 40 heavy (non-hydrogen) atoms. The van der Waals surface area contributed by atoms with Crippen LogP contribution >= 0.6 is 0 Å². The van der Waals surface area contributed by atoms with Gasteiger partial charge in [-0.2, -0.15) is 0 Å². The van der Waals surface area contributed by atoms with Crippen LogP contribution in [0.15, 0.2) is 101 Å². The van der Waals surface area contributed by atoms with Gasteiger partial charge in [-0.15, -0.1) is 0 Å². The fourth-order valence-electron chi connectivity index (χ4n) is 5.25. The van der Waals surface area contributed by atoms with Crippen molar-refractivity contribution in [1.82, 2.24) is 18.7 Å². The van der Waals surface area contributed by atoms with E-state index in [0.29, 0.717) is 37.5 Å². The third-order valence-electron chi connectivity index (χ3n) is 7.41. The Bertz CT molecular complexity index is 1940. The minimum Gasteiger partial charge on any atom is -0.374 e. The van der Waals surface area contributed by atoms with Gasteiger partial charge in [0.2, 0.25) is 0 Å². The average Bonchev–Trinajstić information content (AvgIpc) is 3.41. The fraction of sp³-hybridized carbons (Fsp3) is 0.219. The smallest absolute Gasteiger partial charge is 0.332 e. The number of rotatable bonds is 9. The van der Waals surface area contributed by atoms with Crippen LogP contribution in [0.25, 0.3) is 32.7 Å². The molecule has 0 aliphatic carbocycles. The van der Waals surface area contributed by atoms with Crippen LogP contribution in [-0.4, -0.2) is 31.4 Å². The molecule has 0 saturated heterocycles. The summed E-state index contributed by atoms with van der Waals surface area (Å²) in [5.74, 6) is 0. The molecule has 0 bridgehead atoms. The lowest BCUT2D eigenvalue weighted by atomic mass is 10.1. The lowest BCUT2D eigenvalue weighted by molar-refractivity contribution is -0.0363. The van der Waals surface area contributed by atoms with E-state index in [1.54, 1.807) is 17.9 Å². The number of hydrogen-bond acceptors (Lipinski definition) is 5. The molecule has 6 aromatic rings. The van der Waals surface area contributed by atoms with E-state index < -0.39 is 5.69 Å². The van der Waals surface area contributed by atoms with Gasteiger partial charge in [0.25, 0.3) is 5.56 Å². The Hall–Kier alpha value is -4.53. The molecule has 1 atom stereocenters. The summed E-state index contributed by atoms with van der Waals surface area (Å²) in [4.78, 5) is 29.8. The van der Waals surface area contributed by atoms with Crippen LogP contribution in [0.3, 0.4) is 0 Å². The summed E-state index contributed by atoms with van der Waals surface area (Å²) in [6.45, 7) is 1.45. The lowest BCUT2D eigenvalue weighted by Crippen LogP contribution is -2.38. The van der Waals surface area contributed by atoms with Crippen LogP contribution in [0.5, 0.6) is 0 Å². The second kappa shape index (κ2) is 10.9. The average molecular weight is 535 g/mol. The first-order chi connectivity index (χ1) is 19.5. The summed E-state index contributed by atoms with van der Waals surface area (Å²) >= 11 is 0. The highest BCUT2D eigenvalue weighted by atomic mass is 16.5. The van der Waals surface area contributed by atoms with Gasteiger partial charge in [-0.05, 0) is 32.7 Å². The molecule has 0 aliphatic rings. The highest BCUT2D eigenvalue weighted by Crippen LogP contribution is 2.22. The second-order valence-corrected chi connectivity index (χ2v) is 10.00. The Morgan fingerprint density at radius 1 is 0.750 bits per heavy atom. The molecule has 0 N–H and O–H groups in total. The summed E-state index contributed by atoms with van der Waals surface area (Å²) in [6.07, 6.45) is 1.21. The van der Waals surface area contributed by atoms with Crippen LogP contribution in [0.1, 0.15) is 11.1 Å². The maximum Gasteiger partial charge on any atom is 0.332 e. The van der Waals surface area contributed by atoms with Crippen LogP contribution in [-0.2, 0) is 43.3 Å². The molecule has 0 radical (unpaired) electrons. The van der Waals surface area contributed by atoms with Crippen LogP contribution in [0, 0.1) is 0 Å². The van der Waals surface area contributed by atoms with Crippen molar-refractivity contribution in [2.75, 3.05) is 6.61 Å². The molecule has 8 heteroatoms. The predicted octanol–water partition coefficient (Wildman–Crippen LogP) is 4.54. The molecule has 2 heterocycles. The van der Waals surface area contributed by atoms with E-state index in [2.05, 4.69) is 53.5 Å². The standard InChI is InChI=1S/C32H30N4O4/c1-34-30-29(31(37)35(2)32(34)38)36(21-33-30)17-26(40-19-25-14-8-12-23-10-4-6-16-28(23)25)20-39-18-24-13-7-11-22-9-3-5-15-27(22)24/h3-16,21,26H,17-20H2,1-2H3. The number of aromatic nitrogens is 4. The molecule has 0 saturated carbocycles. The Labute approximate surface area is 230 Å². The number of aryl methyl sites for hydroxylation is 1. The number of ether oxygens (including phenoxy) is 2. The zero-order valence-corrected chi connectivity index (χ0v) is 22.5. The number of nitrogens with zero attached hydrogens (tertiary/aromatic N) is 4. The third kappa shape index (κ3) is 4.83. The van der Waals surface area contributed by atoms with Crippen molar-refractivity contribution < 1.29 is 9.47 Å². The maximum absolute atomic E-state index is 13.0. The van der Waals surface area contributed by atoms with Gasteiger partial charge in [0.05, 0.1) is 38.8 Å². The number of imidazole rings is 1. The largest absolute Gasteiger partial charge is 0.374 e. The topological polar surface area (TPSA) is 80.3 Å². The number of fused-ring (bicyclic) bond motifs is 3. The number of hydrogen-bond donors (Lipinski definition) is 0. The van der Waals surface area contributed by atoms with E-state index in [1.807, 2.05) is 36.4 Å². The van der Waals surface area contributed by atoms with Gasteiger partial charge in [0.15, 0.2) is 11.2 Å². The second-order valence-electron chi connectivity index (χ2n) is 10.00. The van der Waals surface area contributed by atoms with Crippen molar-refractivity contribution in [2.24, 2.45) is 14.1 Å². The minimum atomic E-state index is -0.412. The molecule has 0 amide bonds. The van der Waals surface area contributed by atoms with E-state index in [0.717, 1.165) is 31.9 Å². The quantitative estimate of drug-likeness (QED) is 0.272. The van der Waals surface area contributed by atoms with Crippen molar-refractivity contribution in [1.29, 1.82) is 0 Å². The zero-order chi connectivity index (χ0) is 27.6. The van der Waals surface area contributed by atoms with Gasteiger partial charge in [-0.1, -0.05) is 84.9 Å². The van der Waals surface area contributed by atoms with Gasteiger partial charge < -0.3 is 14.0 Å². The molecular weight excluding hydrogens is 504 g/mol. The van der Waals surface area contributed by atoms with E-state index in [1.165, 1.54) is 17.0 Å². The molecule has 6 rings (SSSR count). The molecule has 8 nitrogen and oxygen atoms in total. The van der Waals surface area contributed by atoms with E-state index in [4.69, 9.17) is 9.47 Å². The van der Waals surface area contributed by atoms with Crippen molar-refractivity contribution in [3.05, 3.63) is 123 Å². The predicted molar refractivity (Wildman–Crippen MR) is 156 cm³/mol. The summed E-state index contributed by atoms with van der Waals surface area (Å²) in [7, 11) is 3.09. The molecule has 0 fully saturated rings. The van der Waals surface area contributed by atoms with Crippen molar-refractivity contribution in [3.63, 3.8) is 0 Å². The highest BCUT2D eigenvalue weighted by Gasteiger charge is 2.19. The summed E-state index contributed by atoms with van der Waals surface area (Å²) in [5.41, 5.74) is 2.08. The van der Waals surface area contributed by atoms with Gasteiger partial charge in [-0.3, -0.25) is 13.9 Å². The lowest BCUT2D eigenvalue weighted by Gasteiger charge is -2.20. The fourth-order valence-corrected chi connectivity index (χ4v) is 5.25. The maximum atomic E-state index is 13.0. The summed E-state index contributed by atoms with van der Waals surface area (Å²) in [6, 6.07) is 28.8. The Morgan fingerprint density at radius 3 is 2.02 bits per heavy atom. The first-order valence-electron chi connectivity index (χ1n) is 13.2. The molecule has 202 valence electrons. The normalized spacial score (nSPS) is 12.4. The Morgan fingerprint density at radius 2 is 1.35 bits per heavy atom. The zero-order valence-electron chi connectivity index (χ0n) is 22.5. The van der Waals surface area contributed by atoms with Crippen molar-refractivity contribution in [3.8, 4) is 0 Å². The summed E-state index contributed by atoms with van der Waals surface area (Å²) < 4.78 is 16.9. The third-order valence-corrected chi connectivity index (χ3v) is 7.41. The Balaban J connectivity index is 1.28. The molecule has 0 aliphatic heterocycles. The Kier molecular flexibility index (Phi) is 7.02.